The lowest BCUT2D eigenvalue weighted by atomic mass is 9.80. The van der Waals surface area contributed by atoms with Crippen LogP contribution in [0.3, 0.4) is 0 Å². The molecule has 0 unspecified atom stereocenters. The maximum absolute atomic E-state index is 13.4. The Bertz CT molecular complexity index is 672. The van der Waals surface area contributed by atoms with Gasteiger partial charge in [-0.2, -0.15) is 0 Å². The zero-order valence-electron chi connectivity index (χ0n) is 16.2. The van der Waals surface area contributed by atoms with Crippen LogP contribution >= 0.6 is 0 Å². The molecule has 3 rings (SSSR count). The van der Waals surface area contributed by atoms with Crippen LogP contribution in [0, 0.1) is 11.7 Å². The van der Waals surface area contributed by atoms with E-state index >= 15 is 0 Å². The van der Waals surface area contributed by atoms with Crippen LogP contribution in [-0.2, 0) is 19.0 Å². The molecule has 2 aliphatic rings. The van der Waals surface area contributed by atoms with Crippen LogP contribution in [0.1, 0.15) is 31.2 Å². The van der Waals surface area contributed by atoms with Gasteiger partial charge in [-0.15, -0.1) is 0 Å². The number of benzene rings is 1. The molecular formula is C21H28FNO5. The molecule has 1 aromatic rings. The predicted molar refractivity (Wildman–Crippen MR) is 101 cm³/mol. The first kappa shape index (κ1) is 20.8. The first-order valence-electron chi connectivity index (χ1n) is 9.87. The van der Waals surface area contributed by atoms with Gasteiger partial charge in [0.1, 0.15) is 5.82 Å². The van der Waals surface area contributed by atoms with Crippen molar-refractivity contribution in [1.29, 1.82) is 0 Å². The average Bonchev–Trinajstić information content (AvgIpc) is 2.73. The average molecular weight is 393 g/mol. The number of morpholine rings is 1. The zero-order valence-corrected chi connectivity index (χ0v) is 16.2. The van der Waals surface area contributed by atoms with Gasteiger partial charge in [0.25, 0.3) is 5.91 Å². The molecule has 0 aliphatic carbocycles. The molecule has 1 amide bonds. The van der Waals surface area contributed by atoms with E-state index in [1.807, 2.05) is 13.0 Å². The van der Waals surface area contributed by atoms with Crippen LogP contribution in [-0.4, -0.2) is 61.7 Å². The number of aliphatic hydroxyl groups excluding tert-OH is 1. The fourth-order valence-corrected chi connectivity index (χ4v) is 3.74. The van der Waals surface area contributed by atoms with Crippen molar-refractivity contribution in [3.05, 3.63) is 47.5 Å². The molecule has 0 aromatic heterocycles. The first-order chi connectivity index (χ1) is 13.6. The van der Waals surface area contributed by atoms with E-state index in [4.69, 9.17) is 14.2 Å². The third-order valence-electron chi connectivity index (χ3n) is 5.18. The Balaban J connectivity index is 1.92. The molecule has 7 heteroatoms. The first-order valence-corrected chi connectivity index (χ1v) is 9.87. The summed E-state index contributed by atoms with van der Waals surface area (Å²) in [6, 6.07) is 6.29. The summed E-state index contributed by atoms with van der Waals surface area (Å²) in [5, 5.41) is 9.30. The number of rotatable bonds is 7. The molecule has 2 heterocycles. The molecule has 1 saturated heterocycles. The van der Waals surface area contributed by atoms with Gasteiger partial charge in [-0.3, -0.25) is 4.79 Å². The number of halogens is 1. The van der Waals surface area contributed by atoms with E-state index in [0.29, 0.717) is 45.8 Å². The standard InChI is InChI=1S/C21H28FNO5/c1-2-27-21-17(4-3-11-24)18(15-5-7-16(22)8-6-15)14-19(28-21)20(25)23-9-12-26-13-10-23/h5-8,14,17-18,21,24H,2-4,9-13H2,1H3/t17-,18+,21+/m1/s1. The van der Waals surface area contributed by atoms with E-state index in [-0.39, 0.29) is 35.9 Å². The molecule has 0 radical (unpaired) electrons. The Morgan fingerprint density at radius 2 is 2.00 bits per heavy atom. The van der Waals surface area contributed by atoms with Crippen LogP contribution in [0.25, 0.3) is 0 Å². The lowest BCUT2D eigenvalue weighted by Gasteiger charge is -2.38. The van der Waals surface area contributed by atoms with Crippen molar-refractivity contribution >= 4 is 5.91 Å². The van der Waals surface area contributed by atoms with Crippen molar-refractivity contribution in [2.75, 3.05) is 39.5 Å². The van der Waals surface area contributed by atoms with E-state index in [2.05, 4.69) is 0 Å². The smallest absolute Gasteiger partial charge is 0.288 e. The number of carbonyl (C=O) groups excluding carboxylic acids is 1. The fourth-order valence-electron chi connectivity index (χ4n) is 3.74. The number of amides is 1. The second-order valence-electron chi connectivity index (χ2n) is 6.98. The number of nitrogens with zero attached hydrogens (tertiary/aromatic N) is 1. The summed E-state index contributed by atoms with van der Waals surface area (Å²) >= 11 is 0. The normalized spacial score (nSPS) is 25.2. The van der Waals surface area contributed by atoms with Crippen molar-refractivity contribution in [1.82, 2.24) is 4.90 Å². The Kier molecular flexibility index (Phi) is 7.42. The number of ether oxygens (including phenoxy) is 3. The molecule has 1 N–H and O–H groups in total. The van der Waals surface area contributed by atoms with Gasteiger partial charge in [-0.25, -0.2) is 4.39 Å². The second-order valence-corrected chi connectivity index (χ2v) is 6.98. The maximum Gasteiger partial charge on any atom is 0.288 e. The Morgan fingerprint density at radius 3 is 2.64 bits per heavy atom. The molecular weight excluding hydrogens is 365 g/mol. The quantitative estimate of drug-likeness (QED) is 0.771. The topological polar surface area (TPSA) is 68.2 Å². The van der Waals surface area contributed by atoms with Gasteiger partial charge in [0, 0.05) is 38.1 Å². The van der Waals surface area contributed by atoms with Crippen molar-refractivity contribution in [3.8, 4) is 0 Å². The molecule has 28 heavy (non-hydrogen) atoms. The van der Waals surface area contributed by atoms with Crippen LogP contribution < -0.4 is 0 Å². The summed E-state index contributed by atoms with van der Waals surface area (Å²) in [5.41, 5.74) is 0.893. The number of aliphatic hydroxyl groups is 1. The summed E-state index contributed by atoms with van der Waals surface area (Å²) in [7, 11) is 0. The second kappa shape index (κ2) is 10.0. The maximum atomic E-state index is 13.4. The van der Waals surface area contributed by atoms with Gasteiger partial charge in [-0.1, -0.05) is 12.1 Å². The summed E-state index contributed by atoms with van der Waals surface area (Å²) in [5.74, 6) is -0.482. The Hall–Kier alpha value is -1.96. The van der Waals surface area contributed by atoms with Crippen molar-refractivity contribution in [2.24, 2.45) is 5.92 Å². The van der Waals surface area contributed by atoms with Gasteiger partial charge in [0.2, 0.25) is 6.29 Å². The number of carbonyl (C=O) groups is 1. The molecule has 0 bridgehead atoms. The summed E-state index contributed by atoms with van der Waals surface area (Å²) in [4.78, 5) is 14.7. The number of allylic oxidation sites excluding steroid dienone is 1. The van der Waals surface area contributed by atoms with Crippen molar-refractivity contribution < 1.29 is 28.5 Å². The van der Waals surface area contributed by atoms with E-state index in [1.54, 1.807) is 17.0 Å². The molecule has 0 saturated carbocycles. The highest BCUT2D eigenvalue weighted by molar-refractivity contribution is 5.92. The van der Waals surface area contributed by atoms with Crippen LogP contribution in [0.4, 0.5) is 4.39 Å². The molecule has 0 spiro atoms. The third-order valence-corrected chi connectivity index (χ3v) is 5.18. The minimum atomic E-state index is -0.600. The van der Waals surface area contributed by atoms with E-state index in [1.165, 1.54) is 12.1 Å². The van der Waals surface area contributed by atoms with Crippen molar-refractivity contribution in [3.63, 3.8) is 0 Å². The Morgan fingerprint density at radius 1 is 1.29 bits per heavy atom. The fraction of sp³-hybridized carbons (Fsp3) is 0.571. The predicted octanol–water partition coefficient (Wildman–Crippen LogP) is 2.43. The summed E-state index contributed by atoms with van der Waals surface area (Å²) in [6.07, 6.45) is 2.48. The number of hydrogen-bond acceptors (Lipinski definition) is 5. The van der Waals surface area contributed by atoms with E-state index in [0.717, 1.165) is 5.56 Å². The largest absolute Gasteiger partial charge is 0.459 e. The van der Waals surface area contributed by atoms with E-state index < -0.39 is 6.29 Å². The van der Waals surface area contributed by atoms with Crippen LogP contribution in [0.2, 0.25) is 0 Å². The minimum Gasteiger partial charge on any atom is -0.459 e. The monoisotopic (exact) mass is 393 g/mol. The SMILES string of the molecule is CCO[C@H]1OC(C(=O)N2CCOCC2)=C[C@@H](c2ccc(F)cc2)[C@H]1CCCO. The summed E-state index contributed by atoms with van der Waals surface area (Å²) in [6.45, 7) is 4.44. The van der Waals surface area contributed by atoms with E-state index in [9.17, 15) is 14.3 Å². The van der Waals surface area contributed by atoms with Crippen LogP contribution in [0.5, 0.6) is 0 Å². The van der Waals surface area contributed by atoms with Gasteiger partial charge >= 0.3 is 0 Å². The molecule has 2 aliphatic heterocycles. The zero-order chi connectivity index (χ0) is 19.9. The highest BCUT2D eigenvalue weighted by Crippen LogP contribution is 2.39. The minimum absolute atomic E-state index is 0.0642. The van der Waals surface area contributed by atoms with Gasteiger partial charge in [0.15, 0.2) is 5.76 Å². The molecule has 3 atom stereocenters. The lowest BCUT2D eigenvalue weighted by molar-refractivity contribution is -0.171. The van der Waals surface area contributed by atoms with Crippen LogP contribution in [0.15, 0.2) is 36.1 Å². The lowest BCUT2D eigenvalue weighted by Crippen LogP contribution is -2.44. The highest BCUT2D eigenvalue weighted by atomic mass is 19.1. The molecule has 1 fully saturated rings. The molecule has 1 aromatic carbocycles. The van der Waals surface area contributed by atoms with Gasteiger partial charge in [0.05, 0.1) is 13.2 Å². The van der Waals surface area contributed by atoms with Crippen molar-refractivity contribution in [2.45, 2.75) is 32.0 Å². The third kappa shape index (κ3) is 4.90. The molecule has 6 nitrogen and oxygen atoms in total. The molecule has 154 valence electrons. The van der Waals surface area contributed by atoms with Gasteiger partial charge < -0.3 is 24.2 Å². The number of hydrogen-bond donors (Lipinski definition) is 1. The summed E-state index contributed by atoms with van der Waals surface area (Å²) < 4.78 is 30.5. The Labute approximate surface area is 164 Å². The highest BCUT2D eigenvalue weighted by Gasteiger charge is 2.38. The van der Waals surface area contributed by atoms with Gasteiger partial charge in [-0.05, 0) is 43.5 Å².